The third kappa shape index (κ3) is 1.67. The average Bonchev–Trinajstić information content (AvgIpc) is 2.37. The number of fused-ring (bicyclic) bond motifs is 1. The summed E-state index contributed by atoms with van der Waals surface area (Å²) in [6.45, 7) is 0. The van der Waals surface area contributed by atoms with Crippen molar-refractivity contribution >= 4 is 17.4 Å². The molecule has 0 aliphatic carbocycles. The second-order valence-electron chi connectivity index (χ2n) is 3.44. The normalized spacial score (nSPS) is 17.9. The van der Waals surface area contributed by atoms with Crippen LogP contribution in [0.2, 0.25) is 0 Å². The highest BCUT2D eigenvalue weighted by atomic mass is 19.1. The van der Waals surface area contributed by atoms with E-state index in [2.05, 4.69) is 5.32 Å². The lowest BCUT2D eigenvalue weighted by atomic mass is 10.0. The van der Waals surface area contributed by atoms with E-state index in [0.29, 0.717) is 5.69 Å². The molecule has 1 aromatic carbocycles. The van der Waals surface area contributed by atoms with Gasteiger partial charge in [-0.25, -0.2) is 4.39 Å². The molecule has 82 valence electrons. The highest BCUT2D eigenvalue weighted by Gasteiger charge is 2.23. The minimum absolute atomic E-state index is 0.112. The van der Waals surface area contributed by atoms with Gasteiger partial charge in [0, 0.05) is 23.8 Å². The van der Waals surface area contributed by atoms with Crippen LogP contribution in [0, 0.1) is 5.82 Å². The predicted molar refractivity (Wildman–Crippen MR) is 56.2 cm³/mol. The molecular weight excluding hydrogens is 211 g/mol. The van der Waals surface area contributed by atoms with Gasteiger partial charge in [-0.05, 0) is 18.2 Å². The van der Waals surface area contributed by atoms with E-state index >= 15 is 0 Å². The lowest BCUT2D eigenvalue weighted by Crippen LogP contribution is -2.14. The molecule has 0 unspecified atom stereocenters. The molecule has 1 aliphatic heterocycles. The molecular formula is C11H9FN2O2. The molecule has 1 aromatic rings. The van der Waals surface area contributed by atoms with Crippen LogP contribution in [0.4, 0.5) is 10.1 Å². The maximum absolute atomic E-state index is 13.0. The first-order valence-corrected chi connectivity index (χ1v) is 4.66. The molecule has 5 heteroatoms. The van der Waals surface area contributed by atoms with Gasteiger partial charge in [0.05, 0.1) is 5.69 Å². The van der Waals surface area contributed by atoms with Crippen molar-refractivity contribution in [3.05, 3.63) is 41.4 Å². The van der Waals surface area contributed by atoms with Crippen molar-refractivity contribution in [2.24, 2.45) is 5.73 Å². The third-order valence-electron chi connectivity index (χ3n) is 2.37. The van der Waals surface area contributed by atoms with E-state index in [-0.39, 0.29) is 23.3 Å². The summed E-state index contributed by atoms with van der Waals surface area (Å²) >= 11 is 0. The topological polar surface area (TPSA) is 72.2 Å². The van der Waals surface area contributed by atoms with Gasteiger partial charge in [0.25, 0.3) is 5.91 Å². The number of anilines is 1. The molecule has 4 nitrogen and oxygen atoms in total. The van der Waals surface area contributed by atoms with E-state index in [1.165, 1.54) is 12.1 Å². The Balaban J connectivity index is 2.53. The summed E-state index contributed by atoms with van der Waals surface area (Å²) in [5.41, 5.74) is 5.91. The zero-order valence-electron chi connectivity index (χ0n) is 8.29. The van der Waals surface area contributed by atoms with Gasteiger partial charge in [-0.15, -0.1) is 0 Å². The van der Waals surface area contributed by atoms with Gasteiger partial charge in [0.1, 0.15) is 5.82 Å². The van der Waals surface area contributed by atoms with Crippen molar-refractivity contribution in [1.29, 1.82) is 0 Å². The van der Waals surface area contributed by atoms with Crippen molar-refractivity contribution in [2.75, 3.05) is 5.32 Å². The van der Waals surface area contributed by atoms with E-state index in [4.69, 9.17) is 5.73 Å². The number of rotatable bonds is 0. The predicted octanol–water partition coefficient (Wildman–Crippen LogP) is 1.19. The monoisotopic (exact) mass is 220 g/mol. The summed E-state index contributed by atoms with van der Waals surface area (Å²) in [5.74, 6) is -1.27. The number of Topliss-reactive ketones (excluding diaryl/α,β-unsaturated/α-hetero) is 1. The van der Waals surface area contributed by atoms with Gasteiger partial charge in [-0.2, -0.15) is 0 Å². The number of carbonyl (C=O) groups is 2. The van der Waals surface area contributed by atoms with Gasteiger partial charge in [-0.1, -0.05) is 0 Å². The highest BCUT2D eigenvalue weighted by Crippen LogP contribution is 2.24. The zero-order chi connectivity index (χ0) is 11.7. The molecule has 0 bridgehead atoms. The second-order valence-corrected chi connectivity index (χ2v) is 3.44. The third-order valence-corrected chi connectivity index (χ3v) is 2.37. The summed E-state index contributed by atoms with van der Waals surface area (Å²) in [7, 11) is 0. The van der Waals surface area contributed by atoms with Crippen LogP contribution in [0.3, 0.4) is 0 Å². The Kier molecular flexibility index (Phi) is 2.44. The Morgan fingerprint density at radius 1 is 1.38 bits per heavy atom. The number of amides is 1. The number of ketones is 1. The number of benzene rings is 1. The second kappa shape index (κ2) is 3.77. The lowest BCUT2D eigenvalue weighted by molar-refractivity contribution is -0.112. The van der Waals surface area contributed by atoms with Gasteiger partial charge >= 0.3 is 0 Å². The Bertz CT molecular complexity index is 509. The number of halogens is 1. The molecule has 0 spiro atoms. The van der Waals surface area contributed by atoms with E-state index in [9.17, 15) is 14.0 Å². The zero-order valence-corrected chi connectivity index (χ0v) is 8.29. The summed E-state index contributed by atoms with van der Waals surface area (Å²) in [4.78, 5) is 23.3. The molecule has 0 fully saturated rings. The quantitative estimate of drug-likeness (QED) is 0.645. The first kappa shape index (κ1) is 10.4. The SMILES string of the molecule is NC=C1CC(=O)c2cc(F)ccc2NC1=O. The average molecular weight is 220 g/mol. The first-order valence-electron chi connectivity index (χ1n) is 4.66. The number of hydrogen-bond acceptors (Lipinski definition) is 3. The molecule has 1 aliphatic rings. The Morgan fingerprint density at radius 2 is 2.12 bits per heavy atom. The number of hydrogen-bond donors (Lipinski definition) is 2. The Labute approximate surface area is 90.9 Å². The van der Waals surface area contributed by atoms with Crippen molar-refractivity contribution in [1.82, 2.24) is 0 Å². The van der Waals surface area contributed by atoms with Crippen molar-refractivity contribution in [2.45, 2.75) is 6.42 Å². The lowest BCUT2D eigenvalue weighted by Gasteiger charge is -2.04. The van der Waals surface area contributed by atoms with Crippen LogP contribution in [0.1, 0.15) is 16.8 Å². The number of nitrogens with one attached hydrogen (secondary N) is 1. The fraction of sp³-hybridized carbons (Fsp3) is 0.0909. The summed E-state index contributed by atoms with van der Waals surface area (Å²) in [5, 5.41) is 2.51. The van der Waals surface area contributed by atoms with Gasteiger partial charge in [0.15, 0.2) is 5.78 Å². The van der Waals surface area contributed by atoms with E-state index in [0.717, 1.165) is 12.3 Å². The van der Waals surface area contributed by atoms with Crippen LogP contribution < -0.4 is 11.1 Å². The molecule has 1 heterocycles. The minimum atomic E-state index is -0.512. The first-order chi connectivity index (χ1) is 7.61. The molecule has 0 saturated heterocycles. The van der Waals surface area contributed by atoms with Crippen molar-refractivity contribution in [3.8, 4) is 0 Å². The van der Waals surface area contributed by atoms with Crippen LogP contribution in [0.15, 0.2) is 30.0 Å². The largest absolute Gasteiger partial charge is 0.404 e. The Hall–Kier alpha value is -2.17. The summed E-state index contributed by atoms with van der Waals surface area (Å²) in [6, 6.07) is 3.65. The number of nitrogens with two attached hydrogens (primary N) is 1. The molecule has 0 aromatic heterocycles. The van der Waals surface area contributed by atoms with Crippen LogP contribution in [-0.2, 0) is 4.79 Å². The van der Waals surface area contributed by atoms with Gasteiger partial charge in [-0.3, -0.25) is 9.59 Å². The standard InChI is InChI=1S/C11H9FN2O2/c12-7-1-2-9-8(4-7)10(15)3-6(5-13)11(16)14-9/h1-2,4-5H,3,13H2,(H,14,16). The van der Waals surface area contributed by atoms with Gasteiger partial charge in [0.2, 0.25) is 0 Å². The molecule has 1 amide bonds. The fourth-order valence-electron chi connectivity index (χ4n) is 1.54. The highest BCUT2D eigenvalue weighted by molar-refractivity contribution is 6.16. The minimum Gasteiger partial charge on any atom is -0.404 e. The van der Waals surface area contributed by atoms with Crippen molar-refractivity contribution < 1.29 is 14.0 Å². The molecule has 3 N–H and O–H groups in total. The van der Waals surface area contributed by atoms with E-state index < -0.39 is 11.7 Å². The molecule has 2 rings (SSSR count). The summed E-state index contributed by atoms with van der Waals surface area (Å²) < 4.78 is 13.0. The smallest absolute Gasteiger partial charge is 0.253 e. The maximum Gasteiger partial charge on any atom is 0.253 e. The maximum atomic E-state index is 13.0. The molecule has 0 saturated carbocycles. The van der Waals surface area contributed by atoms with Crippen LogP contribution in [-0.4, -0.2) is 11.7 Å². The van der Waals surface area contributed by atoms with E-state index in [1.54, 1.807) is 0 Å². The fourth-order valence-corrected chi connectivity index (χ4v) is 1.54. The molecule has 0 radical (unpaired) electrons. The van der Waals surface area contributed by atoms with E-state index in [1.807, 2.05) is 0 Å². The van der Waals surface area contributed by atoms with Gasteiger partial charge < -0.3 is 11.1 Å². The molecule has 0 atom stereocenters. The van der Waals surface area contributed by atoms with Crippen LogP contribution in [0.25, 0.3) is 0 Å². The van der Waals surface area contributed by atoms with Crippen molar-refractivity contribution in [3.63, 3.8) is 0 Å². The van der Waals surface area contributed by atoms with Crippen LogP contribution >= 0.6 is 0 Å². The summed E-state index contributed by atoms with van der Waals surface area (Å²) in [6.07, 6.45) is 0.980. The Morgan fingerprint density at radius 3 is 2.81 bits per heavy atom. The molecule has 16 heavy (non-hydrogen) atoms. The number of carbonyl (C=O) groups excluding carboxylic acids is 2. The van der Waals surface area contributed by atoms with Crippen LogP contribution in [0.5, 0.6) is 0 Å².